The molecule has 9 heteroatoms. The van der Waals surface area contributed by atoms with Crippen molar-refractivity contribution in [2.75, 3.05) is 5.75 Å². The molecule has 2 aliphatic heterocycles. The van der Waals surface area contributed by atoms with Crippen molar-refractivity contribution in [2.45, 2.75) is 36.9 Å². The zero-order valence-electron chi connectivity index (χ0n) is 16.0. The van der Waals surface area contributed by atoms with E-state index in [1.807, 2.05) is 12.1 Å². The SMILES string of the molecule is NC1=NC2(CS1)c1cc(Br)ccc1OC1CCC(NC(=O)c3ncccc3F)CC12. The number of amidine groups is 1. The molecule has 3 N–H and O–H groups in total. The van der Waals surface area contributed by atoms with Crippen molar-refractivity contribution in [3.05, 3.63) is 58.1 Å². The largest absolute Gasteiger partial charge is 0.490 e. The molecule has 1 aromatic heterocycles. The van der Waals surface area contributed by atoms with E-state index in [0.29, 0.717) is 11.6 Å². The van der Waals surface area contributed by atoms with E-state index in [1.165, 1.54) is 18.3 Å². The molecule has 0 bridgehead atoms. The number of ether oxygens (including phenoxy) is 1. The van der Waals surface area contributed by atoms with Gasteiger partial charge < -0.3 is 15.8 Å². The van der Waals surface area contributed by atoms with Gasteiger partial charge in [0.15, 0.2) is 16.7 Å². The summed E-state index contributed by atoms with van der Waals surface area (Å²) in [6.45, 7) is 0. The number of aliphatic imine (C=N–C) groups is 1. The number of fused-ring (bicyclic) bond motifs is 4. The summed E-state index contributed by atoms with van der Waals surface area (Å²) in [4.78, 5) is 21.4. The van der Waals surface area contributed by atoms with Crippen LogP contribution in [0.25, 0.3) is 0 Å². The number of pyridine rings is 1. The van der Waals surface area contributed by atoms with Crippen LogP contribution < -0.4 is 15.8 Å². The number of thioether (sulfide) groups is 1. The molecule has 5 rings (SSSR count). The van der Waals surface area contributed by atoms with Gasteiger partial charge in [-0.2, -0.15) is 0 Å². The fraction of sp³-hybridized carbons (Fsp3) is 0.381. The molecule has 30 heavy (non-hydrogen) atoms. The number of halogens is 2. The van der Waals surface area contributed by atoms with Crippen molar-refractivity contribution >= 4 is 38.8 Å². The van der Waals surface area contributed by atoms with Crippen LogP contribution in [0.15, 0.2) is 46.0 Å². The van der Waals surface area contributed by atoms with Crippen LogP contribution in [0.3, 0.4) is 0 Å². The number of nitrogens with zero attached hydrogens (tertiary/aromatic N) is 2. The molecule has 156 valence electrons. The second kappa shape index (κ2) is 7.53. The molecule has 2 aromatic rings. The van der Waals surface area contributed by atoms with Gasteiger partial charge in [0.25, 0.3) is 5.91 Å². The van der Waals surface area contributed by atoms with Gasteiger partial charge in [0.1, 0.15) is 17.4 Å². The molecule has 6 nitrogen and oxygen atoms in total. The number of benzene rings is 1. The summed E-state index contributed by atoms with van der Waals surface area (Å²) in [5.74, 6) is 0.526. The third kappa shape index (κ3) is 3.28. The highest BCUT2D eigenvalue weighted by Gasteiger charge is 2.54. The fourth-order valence-corrected chi connectivity index (χ4v) is 6.19. The Kier molecular flexibility index (Phi) is 4.97. The average Bonchev–Trinajstić information content (AvgIpc) is 3.12. The van der Waals surface area contributed by atoms with E-state index < -0.39 is 17.3 Å². The van der Waals surface area contributed by atoms with Crippen LogP contribution in [0, 0.1) is 11.7 Å². The number of nitrogens with two attached hydrogens (primary N) is 1. The number of carbonyl (C=O) groups is 1. The van der Waals surface area contributed by atoms with Gasteiger partial charge in [0.2, 0.25) is 0 Å². The zero-order valence-corrected chi connectivity index (χ0v) is 18.4. The van der Waals surface area contributed by atoms with Crippen LogP contribution in [0.1, 0.15) is 35.3 Å². The number of rotatable bonds is 2. The third-order valence-corrected chi connectivity index (χ3v) is 7.61. The molecule has 1 amide bonds. The number of carbonyl (C=O) groups excluding carboxylic acids is 1. The minimum Gasteiger partial charge on any atom is -0.490 e. The van der Waals surface area contributed by atoms with Gasteiger partial charge in [0, 0.05) is 33.9 Å². The van der Waals surface area contributed by atoms with Crippen LogP contribution in [0.2, 0.25) is 0 Å². The highest BCUT2D eigenvalue weighted by atomic mass is 79.9. The van der Waals surface area contributed by atoms with Gasteiger partial charge >= 0.3 is 0 Å². The first-order chi connectivity index (χ1) is 14.5. The molecule has 4 unspecified atom stereocenters. The molecule has 1 fully saturated rings. The summed E-state index contributed by atoms with van der Waals surface area (Å²) >= 11 is 5.11. The van der Waals surface area contributed by atoms with E-state index in [4.69, 9.17) is 15.5 Å². The fourth-order valence-electron chi connectivity index (χ4n) is 4.80. The Labute approximate surface area is 186 Å². The molecule has 3 aliphatic rings. The molecule has 1 aromatic carbocycles. The number of aromatic nitrogens is 1. The van der Waals surface area contributed by atoms with Crippen LogP contribution in [0.5, 0.6) is 5.75 Å². The molecule has 0 saturated heterocycles. The summed E-state index contributed by atoms with van der Waals surface area (Å²) in [6, 6.07) is 8.59. The summed E-state index contributed by atoms with van der Waals surface area (Å²) < 4.78 is 21.3. The van der Waals surface area contributed by atoms with Crippen molar-refractivity contribution in [3.8, 4) is 5.75 Å². The first-order valence-corrected chi connectivity index (χ1v) is 11.6. The predicted octanol–water partition coefficient (Wildman–Crippen LogP) is 3.60. The predicted molar refractivity (Wildman–Crippen MR) is 117 cm³/mol. The Morgan fingerprint density at radius 1 is 1.37 bits per heavy atom. The van der Waals surface area contributed by atoms with Crippen molar-refractivity contribution in [1.82, 2.24) is 10.3 Å². The lowest BCUT2D eigenvalue weighted by Crippen LogP contribution is -2.54. The maximum atomic E-state index is 14.0. The lowest BCUT2D eigenvalue weighted by atomic mass is 9.67. The standard InChI is InChI=1S/C21H20BrFN4O2S/c22-11-3-5-16-13(8-11)21(10-30-20(24)27-21)14-9-12(4-6-17(14)29-16)26-19(28)18-15(23)2-1-7-25-18/h1-3,5,7-8,12,14,17H,4,6,9-10H2,(H2,24,27)(H,26,28). The zero-order chi connectivity index (χ0) is 20.9. The first kappa shape index (κ1) is 19.8. The van der Waals surface area contributed by atoms with Crippen molar-refractivity contribution < 1.29 is 13.9 Å². The lowest BCUT2D eigenvalue weighted by Gasteiger charge is -2.48. The highest BCUT2D eigenvalue weighted by Crippen LogP contribution is 2.54. The van der Waals surface area contributed by atoms with Crippen LogP contribution in [-0.2, 0) is 5.54 Å². The summed E-state index contributed by atoms with van der Waals surface area (Å²) in [6.07, 6.45) is 3.61. The van der Waals surface area contributed by atoms with Gasteiger partial charge in [-0.15, -0.1) is 0 Å². The maximum Gasteiger partial charge on any atom is 0.273 e. The van der Waals surface area contributed by atoms with E-state index in [2.05, 4.69) is 32.3 Å². The van der Waals surface area contributed by atoms with Gasteiger partial charge in [0.05, 0.1) is 0 Å². The van der Waals surface area contributed by atoms with Gasteiger partial charge in [-0.3, -0.25) is 4.79 Å². The van der Waals surface area contributed by atoms with E-state index >= 15 is 0 Å². The number of nitrogens with one attached hydrogen (secondary N) is 1. The van der Waals surface area contributed by atoms with Crippen molar-refractivity contribution in [2.24, 2.45) is 16.6 Å². The molecule has 1 saturated carbocycles. The third-order valence-electron chi connectivity index (χ3n) is 6.15. The Morgan fingerprint density at radius 3 is 3.00 bits per heavy atom. The second-order valence-electron chi connectivity index (χ2n) is 7.88. The molecular weight excluding hydrogens is 471 g/mol. The van der Waals surface area contributed by atoms with Crippen molar-refractivity contribution in [1.29, 1.82) is 0 Å². The molecule has 1 spiro atoms. The number of hydrogen-bond acceptors (Lipinski definition) is 6. The Balaban J connectivity index is 1.45. The smallest absolute Gasteiger partial charge is 0.273 e. The molecular formula is C21H20BrFN4O2S. The summed E-state index contributed by atoms with van der Waals surface area (Å²) in [5.41, 5.74) is 6.46. The number of amides is 1. The van der Waals surface area contributed by atoms with Crippen LogP contribution in [0.4, 0.5) is 4.39 Å². The minimum absolute atomic E-state index is 0.00587. The molecule has 4 atom stereocenters. The highest BCUT2D eigenvalue weighted by molar-refractivity contribution is 9.10. The molecule has 1 aliphatic carbocycles. The molecule has 3 heterocycles. The van der Waals surface area contributed by atoms with Gasteiger partial charge in [-0.1, -0.05) is 27.7 Å². The van der Waals surface area contributed by atoms with Crippen molar-refractivity contribution in [3.63, 3.8) is 0 Å². The summed E-state index contributed by atoms with van der Waals surface area (Å²) in [5, 5.41) is 3.54. The number of hydrogen-bond donors (Lipinski definition) is 2. The van der Waals surface area contributed by atoms with E-state index in [1.54, 1.807) is 11.8 Å². The lowest BCUT2D eigenvalue weighted by molar-refractivity contribution is 0.0155. The molecule has 0 radical (unpaired) electrons. The van der Waals surface area contributed by atoms with E-state index in [-0.39, 0.29) is 23.8 Å². The summed E-state index contributed by atoms with van der Waals surface area (Å²) in [7, 11) is 0. The van der Waals surface area contributed by atoms with Crippen LogP contribution in [-0.4, -0.2) is 34.0 Å². The topological polar surface area (TPSA) is 89.6 Å². The Bertz CT molecular complexity index is 1050. The normalized spacial score (nSPS) is 29.5. The Hall–Kier alpha value is -2.13. The van der Waals surface area contributed by atoms with Crippen LogP contribution >= 0.6 is 27.7 Å². The van der Waals surface area contributed by atoms with Gasteiger partial charge in [-0.25, -0.2) is 14.4 Å². The Morgan fingerprint density at radius 2 is 2.23 bits per heavy atom. The quantitative estimate of drug-likeness (QED) is 0.670. The average molecular weight is 491 g/mol. The van der Waals surface area contributed by atoms with E-state index in [0.717, 1.165) is 34.4 Å². The first-order valence-electron chi connectivity index (χ1n) is 9.82. The maximum absolute atomic E-state index is 14.0. The monoisotopic (exact) mass is 490 g/mol. The van der Waals surface area contributed by atoms with Gasteiger partial charge in [-0.05, 0) is 49.6 Å². The second-order valence-corrected chi connectivity index (χ2v) is 9.79. The van der Waals surface area contributed by atoms with E-state index in [9.17, 15) is 9.18 Å². The minimum atomic E-state index is -0.621.